The summed E-state index contributed by atoms with van der Waals surface area (Å²) < 4.78 is 0. The van der Waals surface area contributed by atoms with Crippen molar-refractivity contribution in [3.05, 3.63) is 71.0 Å². The van der Waals surface area contributed by atoms with Crippen molar-refractivity contribution < 1.29 is 0 Å². The molecule has 0 aromatic rings. The Labute approximate surface area is 205 Å². The smallest absolute Gasteiger partial charge is 0.136 e. The second-order valence-corrected chi connectivity index (χ2v) is 9.80. The predicted molar refractivity (Wildman–Crippen MR) is 150 cm³/mol. The van der Waals surface area contributed by atoms with Gasteiger partial charge in [0.15, 0.2) is 0 Å². The molecule has 0 amide bonds. The second-order valence-electron chi connectivity index (χ2n) is 9.80. The van der Waals surface area contributed by atoms with Crippen LogP contribution in [0.5, 0.6) is 0 Å². The Morgan fingerprint density at radius 1 is 1.00 bits per heavy atom. The maximum absolute atomic E-state index is 4.81. The van der Waals surface area contributed by atoms with E-state index in [1.54, 1.807) is 6.20 Å². The fourth-order valence-electron chi connectivity index (χ4n) is 4.54. The third-order valence-electron chi connectivity index (χ3n) is 6.69. The molecule has 2 atom stereocenters. The molecule has 1 aliphatic heterocycles. The van der Waals surface area contributed by atoms with Crippen molar-refractivity contribution in [2.75, 3.05) is 6.54 Å². The average Bonchev–Trinajstić information content (AvgIpc) is 2.78. The van der Waals surface area contributed by atoms with E-state index in [1.165, 1.54) is 66.4 Å². The fourth-order valence-corrected chi connectivity index (χ4v) is 4.54. The lowest BCUT2D eigenvalue weighted by Crippen LogP contribution is -2.45. The molecule has 0 aromatic heterocycles. The van der Waals surface area contributed by atoms with Crippen LogP contribution in [0.4, 0.5) is 0 Å². The average molecular weight is 451 g/mol. The van der Waals surface area contributed by atoms with E-state index in [1.807, 2.05) is 0 Å². The molecule has 0 spiro atoms. The lowest BCUT2D eigenvalue weighted by molar-refractivity contribution is 0.192. The zero-order valence-electron chi connectivity index (χ0n) is 22.9. The van der Waals surface area contributed by atoms with Crippen LogP contribution in [0.1, 0.15) is 100 Å². The predicted octanol–water partition coefficient (Wildman–Crippen LogP) is 9.35. The van der Waals surface area contributed by atoms with Crippen LogP contribution in [0.3, 0.4) is 0 Å². The Hall–Kier alpha value is -2.09. The highest BCUT2D eigenvalue weighted by molar-refractivity contribution is 6.03. The molecule has 1 rings (SSSR count). The minimum atomic E-state index is 0.491. The number of nitrogens with zero attached hydrogens (tertiary/aromatic N) is 2. The summed E-state index contributed by atoms with van der Waals surface area (Å²) in [6.45, 7) is 22.8. The monoisotopic (exact) mass is 450 g/mol. The van der Waals surface area contributed by atoms with Gasteiger partial charge in [-0.05, 0) is 89.9 Å². The summed E-state index contributed by atoms with van der Waals surface area (Å²) in [6, 6.07) is 0.491. The maximum atomic E-state index is 4.81. The van der Waals surface area contributed by atoms with Crippen molar-refractivity contribution in [1.82, 2.24) is 4.90 Å². The van der Waals surface area contributed by atoms with E-state index in [2.05, 4.69) is 97.2 Å². The number of piperidine rings is 1. The van der Waals surface area contributed by atoms with Gasteiger partial charge in [-0.2, -0.15) is 0 Å². The van der Waals surface area contributed by atoms with Gasteiger partial charge in [0, 0.05) is 24.4 Å². The first-order valence-electron chi connectivity index (χ1n) is 13.1. The van der Waals surface area contributed by atoms with Crippen LogP contribution in [0.2, 0.25) is 0 Å². The van der Waals surface area contributed by atoms with Gasteiger partial charge >= 0.3 is 0 Å². The highest BCUT2D eigenvalue weighted by Gasteiger charge is 2.28. The summed E-state index contributed by atoms with van der Waals surface area (Å²) in [6.07, 6.45) is 21.6. The van der Waals surface area contributed by atoms with Crippen molar-refractivity contribution >= 4 is 5.84 Å². The van der Waals surface area contributed by atoms with E-state index >= 15 is 0 Å². The largest absolute Gasteiger partial charge is 0.353 e. The van der Waals surface area contributed by atoms with Crippen LogP contribution in [-0.2, 0) is 0 Å². The quantitative estimate of drug-likeness (QED) is 0.174. The van der Waals surface area contributed by atoms with E-state index in [9.17, 15) is 0 Å². The molecule has 0 N–H and O–H groups in total. The molecule has 1 fully saturated rings. The van der Waals surface area contributed by atoms with Gasteiger partial charge in [-0.15, -0.1) is 0 Å². The lowest BCUT2D eigenvalue weighted by Gasteiger charge is -2.40. The standard InChI is InChI=1S/C31H50N2/c1-10-14-16-29(19-17-24(5)6)26(8)18-20-30(25(7)12-3)31(32-13-4)33-22-21-28(15-11-2)23-27(33)9/h12-13,17-20,27-28H,4,10-11,14-16,21-23H2,1-3,5-9H3/b25-12+,26-18+,29-19+,30-20+,32-31+/t27-,28?/m0/s1. The second kappa shape index (κ2) is 15.7. The first-order valence-corrected chi connectivity index (χ1v) is 13.1. The Morgan fingerprint density at radius 3 is 2.27 bits per heavy atom. The molecule has 2 heteroatoms. The SMILES string of the molecule is C=C\N=C(C(=C/C=C(C)/C(=C/C=C(C)C)CCCC)/C(C)=C/C)\N1CCC(CCC)C[C@@H]1C. The topological polar surface area (TPSA) is 15.6 Å². The van der Waals surface area contributed by atoms with Gasteiger partial charge in [-0.1, -0.05) is 75.6 Å². The summed E-state index contributed by atoms with van der Waals surface area (Å²) in [5.41, 5.74) is 6.54. The first kappa shape index (κ1) is 28.9. The maximum Gasteiger partial charge on any atom is 0.136 e. The number of allylic oxidation sites excluding steroid dienone is 8. The highest BCUT2D eigenvalue weighted by atomic mass is 15.2. The molecule has 0 bridgehead atoms. The van der Waals surface area contributed by atoms with E-state index in [4.69, 9.17) is 4.99 Å². The molecule has 184 valence electrons. The Balaban J connectivity index is 3.37. The number of likely N-dealkylation sites (tertiary alicyclic amines) is 1. The highest BCUT2D eigenvalue weighted by Crippen LogP contribution is 2.29. The van der Waals surface area contributed by atoms with Gasteiger partial charge in [0.1, 0.15) is 5.84 Å². The molecule has 33 heavy (non-hydrogen) atoms. The van der Waals surface area contributed by atoms with Gasteiger partial charge < -0.3 is 4.90 Å². The number of rotatable bonds is 11. The lowest BCUT2D eigenvalue weighted by atomic mass is 9.87. The zero-order valence-corrected chi connectivity index (χ0v) is 22.9. The van der Waals surface area contributed by atoms with Gasteiger partial charge in [0.25, 0.3) is 0 Å². The fraction of sp³-hybridized carbons (Fsp3) is 0.581. The number of hydrogen-bond donors (Lipinski definition) is 0. The summed E-state index contributed by atoms with van der Waals surface area (Å²) in [5.74, 6) is 1.90. The van der Waals surface area contributed by atoms with Gasteiger partial charge in [-0.25, -0.2) is 4.99 Å². The zero-order chi connectivity index (χ0) is 24.8. The molecule has 1 unspecified atom stereocenters. The van der Waals surface area contributed by atoms with E-state index in [-0.39, 0.29) is 0 Å². The molecule has 1 aliphatic rings. The summed E-state index contributed by atoms with van der Waals surface area (Å²) in [4.78, 5) is 7.32. The molecule has 0 aromatic carbocycles. The third-order valence-corrected chi connectivity index (χ3v) is 6.69. The number of hydrogen-bond acceptors (Lipinski definition) is 1. The third kappa shape index (κ3) is 9.74. The van der Waals surface area contributed by atoms with Crippen LogP contribution in [0.25, 0.3) is 0 Å². The van der Waals surface area contributed by atoms with Gasteiger partial charge in [0.2, 0.25) is 0 Å². The Kier molecular flexibility index (Phi) is 13.8. The van der Waals surface area contributed by atoms with Crippen molar-refractivity contribution in [3.8, 4) is 0 Å². The summed E-state index contributed by atoms with van der Waals surface area (Å²) in [5, 5.41) is 0. The summed E-state index contributed by atoms with van der Waals surface area (Å²) in [7, 11) is 0. The minimum Gasteiger partial charge on any atom is -0.353 e. The molecular formula is C31H50N2. The first-order chi connectivity index (χ1) is 15.8. The van der Waals surface area contributed by atoms with Crippen LogP contribution in [-0.4, -0.2) is 23.3 Å². The molecular weight excluding hydrogens is 400 g/mol. The van der Waals surface area contributed by atoms with E-state index in [0.717, 1.165) is 24.7 Å². The molecule has 0 radical (unpaired) electrons. The number of aliphatic imine (C=N–C) groups is 1. The van der Waals surface area contributed by atoms with Crippen molar-refractivity contribution in [3.63, 3.8) is 0 Å². The number of amidine groups is 1. The van der Waals surface area contributed by atoms with Crippen molar-refractivity contribution in [2.45, 2.75) is 106 Å². The molecule has 1 heterocycles. The summed E-state index contributed by atoms with van der Waals surface area (Å²) >= 11 is 0. The molecule has 0 saturated carbocycles. The van der Waals surface area contributed by atoms with E-state index < -0.39 is 0 Å². The van der Waals surface area contributed by atoms with Crippen LogP contribution in [0, 0.1) is 5.92 Å². The van der Waals surface area contributed by atoms with Gasteiger partial charge in [0.05, 0.1) is 0 Å². The Morgan fingerprint density at radius 2 is 1.73 bits per heavy atom. The molecule has 2 nitrogen and oxygen atoms in total. The van der Waals surface area contributed by atoms with Crippen molar-refractivity contribution in [2.24, 2.45) is 10.9 Å². The molecule has 0 aliphatic carbocycles. The normalized spacial score (nSPS) is 21.3. The Bertz CT molecular complexity index is 797. The molecule has 1 saturated heterocycles. The van der Waals surface area contributed by atoms with Crippen molar-refractivity contribution in [1.29, 1.82) is 0 Å². The number of unbranched alkanes of at least 4 members (excludes halogenated alkanes) is 1. The van der Waals surface area contributed by atoms with Crippen LogP contribution in [0.15, 0.2) is 76.0 Å². The van der Waals surface area contributed by atoms with Crippen LogP contribution < -0.4 is 0 Å². The van der Waals surface area contributed by atoms with Crippen LogP contribution >= 0.6 is 0 Å². The minimum absolute atomic E-state index is 0.491. The van der Waals surface area contributed by atoms with Gasteiger partial charge in [-0.3, -0.25) is 0 Å². The van der Waals surface area contributed by atoms with E-state index in [0.29, 0.717) is 6.04 Å².